The number of rotatable bonds is 5. The molecule has 1 saturated carbocycles. The minimum atomic E-state index is -0.685. The first-order valence-corrected chi connectivity index (χ1v) is 8.94. The van der Waals surface area contributed by atoms with Crippen molar-refractivity contribution in [1.82, 2.24) is 15.3 Å². The van der Waals surface area contributed by atoms with Crippen LogP contribution in [0.5, 0.6) is 0 Å². The van der Waals surface area contributed by atoms with Gasteiger partial charge in [-0.1, -0.05) is 31.4 Å². The van der Waals surface area contributed by atoms with Gasteiger partial charge in [-0.25, -0.2) is 9.97 Å². The third-order valence-corrected chi connectivity index (χ3v) is 4.64. The molecule has 3 rings (SSSR count). The van der Waals surface area contributed by atoms with Gasteiger partial charge in [-0.3, -0.25) is 4.79 Å². The number of benzene rings is 1. The molecule has 0 saturated heterocycles. The fraction of sp³-hybridized carbons (Fsp3) is 0.526. The monoisotopic (exact) mass is 342 g/mol. The molecule has 0 bridgehead atoms. The van der Waals surface area contributed by atoms with Crippen molar-refractivity contribution in [3.63, 3.8) is 0 Å². The summed E-state index contributed by atoms with van der Waals surface area (Å²) in [6.07, 6.45) is 7.77. The van der Waals surface area contributed by atoms with Crippen molar-refractivity contribution in [2.45, 2.75) is 57.5 Å². The number of aliphatic hydroxyl groups is 1. The Morgan fingerprint density at radius 1 is 1.28 bits per heavy atom. The number of aromatic nitrogens is 2. The van der Waals surface area contributed by atoms with Gasteiger partial charge in [0.2, 0.25) is 5.95 Å². The molecule has 134 valence electrons. The van der Waals surface area contributed by atoms with Gasteiger partial charge in [0.15, 0.2) is 0 Å². The van der Waals surface area contributed by atoms with Crippen LogP contribution in [0.15, 0.2) is 24.4 Å². The fourth-order valence-electron chi connectivity index (χ4n) is 3.15. The van der Waals surface area contributed by atoms with Crippen LogP contribution < -0.4 is 10.6 Å². The van der Waals surface area contributed by atoms with Crippen molar-refractivity contribution in [1.29, 1.82) is 0 Å². The predicted octanol–water partition coefficient (Wildman–Crippen LogP) is 2.88. The number of nitrogens with zero attached hydrogens (tertiary/aromatic N) is 2. The number of aliphatic hydroxyl groups excluding tert-OH is 1. The van der Waals surface area contributed by atoms with Gasteiger partial charge in [-0.05, 0) is 32.8 Å². The van der Waals surface area contributed by atoms with Crippen molar-refractivity contribution in [2.75, 3.05) is 11.9 Å². The number of carbonyl (C=O) groups is 1. The molecule has 3 N–H and O–H groups in total. The summed E-state index contributed by atoms with van der Waals surface area (Å²) in [5.41, 5.74) is 0.435. The molecule has 25 heavy (non-hydrogen) atoms. The van der Waals surface area contributed by atoms with Crippen molar-refractivity contribution in [3.05, 3.63) is 30.0 Å². The van der Waals surface area contributed by atoms with Crippen molar-refractivity contribution >= 4 is 22.8 Å². The summed E-state index contributed by atoms with van der Waals surface area (Å²) < 4.78 is 0. The molecule has 0 unspecified atom stereocenters. The number of amides is 1. The molecular weight excluding hydrogens is 316 g/mol. The van der Waals surface area contributed by atoms with Crippen LogP contribution in [0.25, 0.3) is 10.9 Å². The smallest absolute Gasteiger partial charge is 0.253 e. The number of anilines is 1. The Morgan fingerprint density at radius 2 is 2.04 bits per heavy atom. The maximum Gasteiger partial charge on any atom is 0.253 e. The lowest BCUT2D eigenvalue weighted by molar-refractivity contribution is 0.0871. The van der Waals surface area contributed by atoms with Gasteiger partial charge < -0.3 is 15.7 Å². The summed E-state index contributed by atoms with van der Waals surface area (Å²) in [7, 11) is 0. The van der Waals surface area contributed by atoms with E-state index in [1.54, 1.807) is 26.1 Å². The largest absolute Gasteiger partial charge is 0.394 e. The van der Waals surface area contributed by atoms with Crippen LogP contribution in [-0.4, -0.2) is 39.2 Å². The highest BCUT2D eigenvalue weighted by Crippen LogP contribution is 2.22. The van der Waals surface area contributed by atoms with E-state index in [9.17, 15) is 9.90 Å². The van der Waals surface area contributed by atoms with E-state index in [1.165, 1.54) is 19.3 Å². The van der Waals surface area contributed by atoms with Gasteiger partial charge in [-0.2, -0.15) is 0 Å². The van der Waals surface area contributed by atoms with Gasteiger partial charge in [0.25, 0.3) is 5.91 Å². The molecule has 1 fully saturated rings. The van der Waals surface area contributed by atoms with Crippen molar-refractivity contribution in [3.8, 4) is 0 Å². The Kier molecular flexibility index (Phi) is 5.18. The fourth-order valence-corrected chi connectivity index (χ4v) is 3.15. The van der Waals surface area contributed by atoms with E-state index < -0.39 is 5.54 Å². The highest BCUT2D eigenvalue weighted by molar-refractivity contribution is 6.05. The van der Waals surface area contributed by atoms with E-state index in [1.807, 2.05) is 12.1 Å². The highest BCUT2D eigenvalue weighted by Gasteiger charge is 2.22. The van der Waals surface area contributed by atoms with Gasteiger partial charge in [0.1, 0.15) is 0 Å². The average Bonchev–Trinajstić information content (AvgIpc) is 2.61. The lowest BCUT2D eigenvalue weighted by atomic mass is 9.96. The minimum Gasteiger partial charge on any atom is -0.394 e. The lowest BCUT2D eigenvalue weighted by Crippen LogP contribution is -2.46. The van der Waals surface area contributed by atoms with E-state index in [2.05, 4.69) is 20.6 Å². The second-order valence-corrected chi connectivity index (χ2v) is 7.41. The molecule has 0 atom stereocenters. The Balaban J connectivity index is 1.88. The highest BCUT2D eigenvalue weighted by atomic mass is 16.3. The second kappa shape index (κ2) is 7.35. The van der Waals surface area contributed by atoms with Crippen LogP contribution in [-0.2, 0) is 0 Å². The van der Waals surface area contributed by atoms with Gasteiger partial charge in [0, 0.05) is 17.6 Å². The van der Waals surface area contributed by atoms with Crippen molar-refractivity contribution in [2.24, 2.45) is 0 Å². The molecule has 2 aromatic rings. The Bertz CT molecular complexity index is 754. The molecule has 1 aromatic carbocycles. The number of hydrogen-bond acceptors (Lipinski definition) is 5. The summed E-state index contributed by atoms with van der Waals surface area (Å²) in [4.78, 5) is 21.6. The van der Waals surface area contributed by atoms with Crippen LogP contribution in [0.4, 0.5) is 5.95 Å². The third kappa shape index (κ3) is 4.25. The maximum absolute atomic E-state index is 12.6. The van der Waals surface area contributed by atoms with E-state index in [0.717, 1.165) is 18.2 Å². The number of carbonyl (C=O) groups excluding carboxylic acids is 1. The Hall–Kier alpha value is -2.21. The standard InChI is InChI=1S/C19H26N4O2/c1-19(2,12-24)23-17(25)15-10-6-7-13-11-20-18(22-16(13)15)21-14-8-4-3-5-9-14/h6-7,10-11,14,24H,3-5,8-9,12H2,1-2H3,(H,23,25)(H,20,21,22). The van der Waals surface area contributed by atoms with Gasteiger partial charge in [0.05, 0.1) is 23.2 Å². The molecule has 0 spiro atoms. The topological polar surface area (TPSA) is 87.1 Å². The number of hydrogen-bond donors (Lipinski definition) is 3. The molecule has 0 aliphatic heterocycles. The molecule has 6 heteroatoms. The molecule has 1 aliphatic carbocycles. The Morgan fingerprint density at radius 3 is 2.76 bits per heavy atom. The lowest BCUT2D eigenvalue weighted by Gasteiger charge is -2.24. The van der Waals surface area contributed by atoms with E-state index in [-0.39, 0.29) is 12.5 Å². The Labute approximate surface area is 148 Å². The quantitative estimate of drug-likeness (QED) is 0.778. The summed E-state index contributed by atoms with van der Waals surface area (Å²) in [5, 5.41) is 16.5. The SMILES string of the molecule is CC(C)(CO)NC(=O)c1cccc2cnc(NC3CCCCC3)nc12. The third-order valence-electron chi connectivity index (χ3n) is 4.64. The van der Waals surface area contributed by atoms with E-state index in [0.29, 0.717) is 23.1 Å². The maximum atomic E-state index is 12.6. The molecule has 1 amide bonds. The summed E-state index contributed by atoms with van der Waals surface area (Å²) in [5.74, 6) is 0.327. The minimum absolute atomic E-state index is 0.132. The zero-order chi connectivity index (χ0) is 17.9. The van der Waals surface area contributed by atoms with Crippen LogP contribution >= 0.6 is 0 Å². The molecular formula is C19H26N4O2. The first-order chi connectivity index (χ1) is 12.0. The van der Waals surface area contributed by atoms with E-state index in [4.69, 9.17) is 0 Å². The van der Waals surface area contributed by atoms with Crippen LogP contribution in [0, 0.1) is 0 Å². The number of nitrogens with one attached hydrogen (secondary N) is 2. The zero-order valence-electron chi connectivity index (χ0n) is 14.9. The van der Waals surface area contributed by atoms with Crippen LogP contribution in [0.2, 0.25) is 0 Å². The summed E-state index contributed by atoms with van der Waals surface area (Å²) >= 11 is 0. The first kappa shape index (κ1) is 17.6. The molecule has 1 aliphatic rings. The number of para-hydroxylation sites is 1. The molecule has 0 radical (unpaired) electrons. The first-order valence-electron chi connectivity index (χ1n) is 8.94. The van der Waals surface area contributed by atoms with Crippen LogP contribution in [0.1, 0.15) is 56.3 Å². The van der Waals surface area contributed by atoms with E-state index >= 15 is 0 Å². The number of fused-ring (bicyclic) bond motifs is 1. The average molecular weight is 342 g/mol. The molecule has 6 nitrogen and oxygen atoms in total. The summed E-state index contributed by atoms with van der Waals surface area (Å²) in [6.45, 7) is 3.43. The van der Waals surface area contributed by atoms with Gasteiger partial charge >= 0.3 is 0 Å². The molecule has 1 heterocycles. The predicted molar refractivity (Wildman–Crippen MR) is 98.7 cm³/mol. The second-order valence-electron chi connectivity index (χ2n) is 7.41. The van der Waals surface area contributed by atoms with Crippen LogP contribution in [0.3, 0.4) is 0 Å². The van der Waals surface area contributed by atoms with Crippen molar-refractivity contribution < 1.29 is 9.90 Å². The summed E-state index contributed by atoms with van der Waals surface area (Å²) in [6, 6.07) is 5.87. The molecule has 1 aromatic heterocycles. The van der Waals surface area contributed by atoms with Gasteiger partial charge in [-0.15, -0.1) is 0 Å². The zero-order valence-corrected chi connectivity index (χ0v) is 14.9. The normalized spacial score (nSPS) is 16.0.